The molecule has 0 aliphatic carbocycles. The van der Waals surface area contributed by atoms with E-state index in [9.17, 15) is 0 Å². The Morgan fingerprint density at radius 1 is 1.09 bits per heavy atom. The van der Waals surface area contributed by atoms with Crippen LogP contribution < -0.4 is 14.2 Å². The summed E-state index contributed by atoms with van der Waals surface area (Å²) in [6.45, 7) is 0. The molecule has 0 saturated carbocycles. The van der Waals surface area contributed by atoms with Crippen molar-refractivity contribution < 1.29 is 18.5 Å². The molecule has 0 aromatic carbocycles. The van der Waals surface area contributed by atoms with Gasteiger partial charge in [-0.15, -0.1) is 0 Å². The van der Waals surface area contributed by atoms with Gasteiger partial charge in [0.05, 0.1) is 0 Å². The molecule has 0 amide bonds. The summed E-state index contributed by atoms with van der Waals surface area (Å²) in [5, 5.41) is 0. The van der Waals surface area contributed by atoms with Crippen molar-refractivity contribution in [2.75, 3.05) is 21.3 Å². The maximum absolute atomic E-state index is 4.95. The van der Waals surface area contributed by atoms with Gasteiger partial charge in [0.1, 0.15) is 0 Å². The van der Waals surface area contributed by atoms with Crippen LogP contribution in [0.1, 0.15) is 0 Å². The van der Waals surface area contributed by atoms with Crippen LogP contribution in [0.15, 0.2) is 4.33 Å². The SMILES string of the molecule is COc1boc(OC)c1OC. The van der Waals surface area contributed by atoms with Crippen molar-refractivity contribution >= 4 is 7.13 Å². The number of methoxy groups -OCH3 is 3. The standard InChI is InChI=1S/C6H9BO4/c1-8-4-5(9-2)7-11-6(4)10-3/h1-3H3. The van der Waals surface area contributed by atoms with E-state index in [-0.39, 0.29) is 0 Å². The molecule has 4 nitrogen and oxygen atoms in total. The van der Waals surface area contributed by atoms with Gasteiger partial charge in [0.25, 0.3) is 0 Å². The molecule has 0 N–H and O–H groups in total. The van der Waals surface area contributed by atoms with E-state index in [0.29, 0.717) is 17.3 Å². The van der Waals surface area contributed by atoms with E-state index in [1.165, 1.54) is 28.5 Å². The van der Waals surface area contributed by atoms with Gasteiger partial charge in [-0.05, 0) is 0 Å². The Hall–Kier alpha value is -1.13. The summed E-state index contributed by atoms with van der Waals surface area (Å²) in [5.74, 6) is 0.805. The van der Waals surface area contributed by atoms with E-state index in [1.807, 2.05) is 0 Å². The van der Waals surface area contributed by atoms with Gasteiger partial charge < -0.3 is 0 Å². The normalized spacial score (nSPS) is 9.00. The Labute approximate surface area is 65.3 Å². The van der Waals surface area contributed by atoms with Crippen LogP contribution in [-0.4, -0.2) is 28.5 Å². The van der Waals surface area contributed by atoms with Gasteiger partial charge in [-0.25, -0.2) is 0 Å². The van der Waals surface area contributed by atoms with Crippen LogP contribution in [0.3, 0.4) is 0 Å². The fourth-order valence-corrected chi connectivity index (χ4v) is 0.780. The van der Waals surface area contributed by atoms with Crippen LogP contribution in [0.2, 0.25) is 0 Å². The average Bonchev–Trinajstić information content (AvgIpc) is 2.45. The zero-order valence-corrected chi connectivity index (χ0v) is 6.71. The van der Waals surface area contributed by atoms with Crippen LogP contribution >= 0.6 is 0 Å². The molecule has 1 rings (SSSR count). The molecule has 1 aromatic heterocycles. The first-order chi connectivity index (χ1) is 5.33. The summed E-state index contributed by atoms with van der Waals surface area (Å²) in [6, 6.07) is 0. The summed E-state index contributed by atoms with van der Waals surface area (Å²) in [4.78, 5) is 0. The predicted molar refractivity (Wildman–Crippen MR) is 39.7 cm³/mol. The van der Waals surface area contributed by atoms with Crippen LogP contribution in [0.4, 0.5) is 0 Å². The number of ether oxygens (including phenoxy) is 3. The molecule has 0 unspecified atom stereocenters. The molecule has 0 fully saturated rings. The number of hydrogen-bond acceptors (Lipinski definition) is 4. The zero-order chi connectivity index (χ0) is 8.27. The quantitative estimate of drug-likeness (QED) is 0.643. The van der Waals surface area contributed by atoms with E-state index in [1.54, 1.807) is 0 Å². The van der Waals surface area contributed by atoms with Crippen LogP contribution in [0.25, 0.3) is 0 Å². The first kappa shape index (κ1) is 7.98. The van der Waals surface area contributed by atoms with Crippen molar-refractivity contribution in [1.29, 1.82) is 0 Å². The van der Waals surface area contributed by atoms with E-state index in [4.69, 9.17) is 18.5 Å². The minimum atomic E-state index is 0.323. The van der Waals surface area contributed by atoms with Crippen LogP contribution in [-0.2, 0) is 0 Å². The van der Waals surface area contributed by atoms with E-state index in [0.717, 1.165) is 0 Å². The average molecular weight is 156 g/mol. The molecule has 0 spiro atoms. The van der Waals surface area contributed by atoms with E-state index in [2.05, 4.69) is 0 Å². The Morgan fingerprint density at radius 2 is 1.82 bits per heavy atom. The second-order valence-corrected chi connectivity index (χ2v) is 1.83. The summed E-state index contributed by atoms with van der Waals surface area (Å²) in [6.07, 6.45) is 0. The first-order valence-electron chi connectivity index (χ1n) is 3.07. The molecule has 0 bridgehead atoms. The van der Waals surface area contributed by atoms with Crippen LogP contribution in [0, 0.1) is 0 Å². The number of hydrogen-bond donors (Lipinski definition) is 0. The monoisotopic (exact) mass is 156 g/mol. The molecule has 11 heavy (non-hydrogen) atoms. The topological polar surface area (TPSA) is 40.8 Å². The van der Waals surface area contributed by atoms with Gasteiger partial charge in [0, 0.05) is 0 Å². The Kier molecular flexibility index (Phi) is 2.41. The van der Waals surface area contributed by atoms with Gasteiger partial charge in [-0.3, -0.25) is 0 Å². The van der Waals surface area contributed by atoms with Gasteiger partial charge in [0.15, 0.2) is 0 Å². The summed E-state index contributed by atoms with van der Waals surface area (Å²) in [5.41, 5.74) is 0.532. The fraction of sp³-hybridized carbons (Fsp3) is 0.500. The van der Waals surface area contributed by atoms with E-state index < -0.39 is 0 Å². The van der Waals surface area contributed by atoms with Gasteiger partial charge in [-0.2, -0.15) is 0 Å². The zero-order valence-electron chi connectivity index (χ0n) is 6.71. The van der Waals surface area contributed by atoms with Gasteiger partial charge >= 0.3 is 64.3 Å². The Morgan fingerprint density at radius 3 is 2.27 bits per heavy atom. The predicted octanol–water partition coefficient (Wildman–Crippen LogP) is 0.643. The molecule has 0 atom stereocenters. The third kappa shape index (κ3) is 1.31. The fourth-order valence-electron chi connectivity index (χ4n) is 0.780. The number of rotatable bonds is 3. The first-order valence-corrected chi connectivity index (χ1v) is 3.07. The Bertz CT molecular complexity index is 211. The molecule has 60 valence electrons. The molecular formula is C6H9BO4. The molecule has 1 aromatic rings. The third-order valence-corrected chi connectivity index (χ3v) is 1.29. The Balaban J connectivity index is 2.99. The second-order valence-electron chi connectivity index (χ2n) is 1.83. The summed E-state index contributed by atoms with van der Waals surface area (Å²) in [7, 11) is 5.99. The summed E-state index contributed by atoms with van der Waals surface area (Å²) < 4.78 is 19.7. The molecule has 5 heteroatoms. The van der Waals surface area contributed by atoms with Crippen molar-refractivity contribution in [2.45, 2.75) is 0 Å². The van der Waals surface area contributed by atoms with Crippen molar-refractivity contribution in [3.63, 3.8) is 0 Å². The van der Waals surface area contributed by atoms with E-state index >= 15 is 0 Å². The molecule has 0 saturated heterocycles. The van der Waals surface area contributed by atoms with Crippen molar-refractivity contribution in [3.05, 3.63) is 0 Å². The summed E-state index contributed by atoms with van der Waals surface area (Å²) >= 11 is 0. The third-order valence-electron chi connectivity index (χ3n) is 1.29. The van der Waals surface area contributed by atoms with Crippen molar-refractivity contribution in [3.8, 4) is 17.3 Å². The molecule has 0 radical (unpaired) electrons. The maximum atomic E-state index is 4.95. The minimum absolute atomic E-state index is 0.323. The van der Waals surface area contributed by atoms with Gasteiger partial charge in [0.2, 0.25) is 0 Å². The molecule has 1 heterocycles. The van der Waals surface area contributed by atoms with Crippen LogP contribution in [0.5, 0.6) is 17.3 Å². The van der Waals surface area contributed by atoms with Crippen molar-refractivity contribution in [1.82, 2.24) is 0 Å². The van der Waals surface area contributed by atoms with Gasteiger partial charge in [-0.1, -0.05) is 0 Å². The molecule has 0 aliphatic rings. The molecule has 0 aliphatic heterocycles. The molecular weight excluding hydrogens is 147 g/mol. The van der Waals surface area contributed by atoms with Crippen molar-refractivity contribution in [2.24, 2.45) is 0 Å². The second kappa shape index (κ2) is 3.32.